The van der Waals surface area contributed by atoms with Gasteiger partial charge in [0.2, 0.25) is 0 Å². The summed E-state index contributed by atoms with van der Waals surface area (Å²) in [6, 6.07) is 0. The highest BCUT2D eigenvalue weighted by atomic mass is 16.3. The second-order valence-electron chi connectivity index (χ2n) is 18.2. The highest BCUT2D eigenvalue weighted by Gasteiger charge is 2.16. The Morgan fingerprint density at radius 3 is 1.11 bits per heavy atom. The van der Waals surface area contributed by atoms with Gasteiger partial charge in [-0.2, -0.15) is 0 Å². The van der Waals surface area contributed by atoms with Crippen LogP contribution in [0.5, 0.6) is 0 Å². The Labute approximate surface area is 386 Å². The number of nitrogens with one attached hydrogen (secondary N) is 1. The molecule has 0 fully saturated rings. The molecule has 0 heterocycles. The van der Waals surface area contributed by atoms with Crippen LogP contribution in [-0.2, 0) is 0 Å². The number of allylic oxidation sites excluding steroid dienone is 12. The lowest BCUT2D eigenvalue weighted by Gasteiger charge is -2.29. The molecule has 0 aromatic carbocycles. The molecular formula is C56H105N3O3. The van der Waals surface area contributed by atoms with Crippen LogP contribution in [0.3, 0.4) is 0 Å². The van der Waals surface area contributed by atoms with Gasteiger partial charge in [0.25, 0.3) is 0 Å². The fraction of sp³-hybridized carbons (Fsp3) is 0.786. The zero-order valence-electron chi connectivity index (χ0n) is 41.6. The SMILES string of the molecule is CCCCCCCC/C=C\C/C=C\CCC(O)CNCCN(C)CCN(CC(O)CC/C=C\C/C=C\CCCCCCCC)CC(O)CC/C=C\C/C=C\CCCCCCCC. The molecule has 0 amide bonds. The third-order valence-corrected chi connectivity index (χ3v) is 11.8. The summed E-state index contributed by atoms with van der Waals surface area (Å²) in [5.41, 5.74) is 0. The van der Waals surface area contributed by atoms with Gasteiger partial charge in [0.15, 0.2) is 0 Å². The van der Waals surface area contributed by atoms with Gasteiger partial charge in [-0.1, -0.05) is 190 Å². The Hall–Kier alpha value is -1.80. The van der Waals surface area contributed by atoms with Crippen LogP contribution < -0.4 is 5.32 Å². The van der Waals surface area contributed by atoms with Crippen molar-refractivity contribution >= 4 is 0 Å². The monoisotopic (exact) mass is 868 g/mol. The normalized spacial score (nSPS) is 14.3. The zero-order valence-corrected chi connectivity index (χ0v) is 41.6. The van der Waals surface area contributed by atoms with Crippen molar-refractivity contribution in [3.8, 4) is 0 Å². The summed E-state index contributed by atoms with van der Waals surface area (Å²) >= 11 is 0. The van der Waals surface area contributed by atoms with E-state index in [0.717, 1.165) is 84.0 Å². The molecule has 3 atom stereocenters. The van der Waals surface area contributed by atoms with Gasteiger partial charge in [-0.25, -0.2) is 0 Å². The maximum atomic E-state index is 11.0. The highest BCUT2D eigenvalue weighted by Crippen LogP contribution is 2.11. The second-order valence-corrected chi connectivity index (χ2v) is 18.2. The van der Waals surface area contributed by atoms with E-state index in [1.54, 1.807) is 0 Å². The Bertz CT molecular complexity index is 1020. The second kappa shape index (κ2) is 50.2. The van der Waals surface area contributed by atoms with Crippen molar-refractivity contribution in [2.24, 2.45) is 0 Å². The molecule has 4 N–H and O–H groups in total. The minimum atomic E-state index is -0.423. The summed E-state index contributed by atoms with van der Waals surface area (Å²) < 4.78 is 0. The quantitative estimate of drug-likeness (QED) is 0.0360. The van der Waals surface area contributed by atoms with Gasteiger partial charge in [-0.3, -0.25) is 4.90 Å². The third kappa shape index (κ3) is 47.7. The van der Waals surface area contributed by atoms with E-state index in [9.17, 15) is 15.3 Å². The van der Waals surface area contributed by atoms with E-state index in [0.29, 0.717) is 19.6 Å². The maximum Gasteiger partial charge on any atom is 0.0670 e. The number of hydrogen-bond donors (Lipinski definition) is 4. The van der Waals surface area contributed by atoms with Gasteiger partial charge in [-0.15, -0.1) is 0 Å². The summed E-state index contributed by atoms with van der Waals surface area (Å²) in [6.07, 6.45) is 61.4. The lowest BCUT2D eigenvalue weighted by atomic mass is 10.1. The van der Waals surface area contributed by atoms with Crippen molar-refractivity contribution in [3.63, 3.8) is 0 Å². The van der Waals surface area contributed by atoms with Crippen molar-refractivity contribution in [1.82, 2.24) is 15.1 Å². The first-order chi connectivity index (χ1) is 30.4. The van der Waals surface area contributed by atoms with Gasteiger partial charge in [0, 0.05) is 45.8 Å². The average Bonchev–Trinajstić information content (AvgIpc) is 3.26. The van der Waals surface area contributed by atoms with E-state index in [-0.39, 0.29) is 6.10 Å². The predicted molar refractivity (Wildman–Crippen MR) is 275 cm³/mol. The zero-order chi connectivity index (χ0) is 45.2. The molecule has 0 aromatic heterocycles. The standard InChI is InChI=1S/C56H105N3O3/c1-5-8-11-14-17-20-23-26-29-32-35-38-41-44-54(60)51-57-47-48-58(4)49-50-59(52-55(61)45-42-39-36-33-30-27-24-21-18-15-12-9-6-2)53-56(62)46-43-40-37-34-31-28-25-22-19-16-13-10-7-3/h26-31,35-40,54-57,60-62H,5-25,32-34,41-53H2,1-4H3/b29-26-,30-27-,31-28-,38-35-,39-36-,40-37-. The Kier molecular flexibility index (Phi) is 48.7. The van der Waals surface area contributed by atoms with Crippen LogP contribution in [0.15, 0.2) is 72.9 Å². The molecule has 0 aromatic rings. The van der Waals surface area contributed by atoms with Gasteiger partial charge < -0.3 is 25.5 Å². The molecule has 0 saturated heterocycles. The number of rotatable bonds is 48. The molecule has 62 heavy (non-hydrogen) atoms. The third-order valence-electron chi connectivity index (χ3n) is 11.8. The molecule has 0 spiro atoms. The first kappa shape index (κ1) is 60.2. The lowest BCUT2D eigenvalue weighted by Crippen LogP contribution is -2.43. The smallest absolute Gasteiger partial charge is 0.0670 e. The highest BCUT2D eigenvalue weighted by molar-refractivity contribution is 4.95. The van der Waals surface area contributed by atoms with Gasteiger partial charge >= 0.3 is 0 Å². The van der Waals surface area contributed by atoms with E-state index in [4.69, 9.17) is 0 Å². The fourth-order valence-corrected chi connectivity index (χ4v) is 7.61. The summed E-state index contributed by atoms with van der Waals surface area (Å²) in [5.74, 6) is 0. The average molecular weight is 868 g/mol. The summed E-state index contributed by atoms with van der Waals surface area (Å²) in [6.45, 7) is 11.9. The number of aliphatic hydroxyl groups excluding tert-OH is 3. The van der Waals surface area contributed by atoms with Crippen LogP contribution in [0.1, 0.15) is 213 Å². The molecule has 3 unspecified atom stereocenters. The van der Waals surface area contributed by atoms with Crippen molar-refractivity contribution in [2.75, 3.05) is 52.9 Å². The van der Waals surface area contributed by atoms with Crippen molar-refractivity contribution in [2.45, 2.75) is 232 Å². The first-order valence-electron chi connectivity index (χ1n) is 26.5. The number of aliphatic hydroxyl groups is 3. The van der Waals surface area contributed by atoms with Crippen LogP contribution in [0.25, 0.3) is 0 Å². The topological polar surface area (TPSA) is 79.2 Å². The minimum absolute atomic E-state index is 0.339. The number of likely N-dealkylation sites (N-methyl/N-ethyl adjacent to an activating group) is 1. The van der Waals surface area contributed by atoms with Crippen molar-refractivity contribution in [3.05, 3.63) is 72.9 Å². The first-order valence-corrected chi connectivity index (χ1v) is 26.5. The number of unbranched alkanes of at least 4 members (excludes halogenated alkanes) is 18. The molecule has 362 valence electrons. The van der Waals surface area contributed by atoms with Crippen LogP contribution >= 0.6 is 0 Å². The molecule has 6 heteroatoms. The Morgan fingerprint density at radius 1 is 0.387 bits per heavy atom. The molecule has 6 nitrogen and oxygen atoms in total. The van der Waals surface area contributed by atoms with Crippen molar-refractivity contribution in [1.29, 1.82) is 0 Å². The fourth-order valence-electron chi connectivity index (χ4n) is 7.61. The van der Waals surface area contributed by atoms with Crippen molar-refractivity contribution < 1.29 is 15.3 Å². The lowest BCUT2D eigenvalue weighted by molar-refractivity contribution is 0.0590. The van der Waals surface area contributed by atoms with E-state index in [2.05, 4.69) is 116 Å². The molecule has 0 aliphatic heterocycles. The van der Waals surface area contributed by atoms with Crippen LogP contribution in [-0.4, -0.2) is 96.3 Å². The van der Waals surface area contributed by atoms with E-state index in [1.165, 1.54) is 135 Å². The van der Waals surface area contributed by atoms with Gasteiger partial charge in [0.05, 0.1) is 18.3 Å². The van der Waals surface area contributed by atoms with E-state index >= 15 is 0 Å². The molecule has 0 bridgehead atoms. The summed E-state index contributed by atoms with van der Waals surface area (Å²) in [5, 5.41) is 36.0. The van der Waals surface area contributed by atoms with E-state index in [1.807, 2.05) is 0 Å². The molecule has 0 rings (SSSR count). The number of hydrogen-bond acceptors (Lipinski definition) is 6. The molecule has 0 radical (unpaired) electrons. The molecule has 0 saturated carbocycles. The largest absolute Gasteiger partial charge is 0.392 e. The molecule has 0 aliphatic carbocycles. The van der Waals surface area contributed by atoms with Crippen LogP contribution in [0.2, 0.25) is 0 Å². The molecular weight excluding hydrogens is 763 g/mol. The van der Waals surface area contributed by atoms with Crippen LogP contribution in [0.4, 0.5) is 0 Å². The Morgan fingerprint density at radius 2 is 0.726 bits per heavy atom. The maximum absolute atomic E-state index is 11.0. The minimum Gasteiger partial charge on any atom is -0.392 e. The number of nitrogens with zero attached hydrogens (tertiary/aromatic N) is 2. The predicted octanol–water partition coefficient (Wildman–Crippen LogP) is 14.0. The summed E-state index contributed by atoms with van der Waals surface area (Å²) in [4.78, 5) is 4.56. The van der Waals surface area contributed by atoms with Gasteiger partial charge in [-0.05, 0) is 103 Å². The van der Waals surface area contributed by atoms with E-state index < -0.39 is 12.2 Å². The van der Waals surface area contributed by atoms with Crippen LogP contribution in [0, 0.1) is 0 Å². The summed E-state index contributed by atoms with van der Waals surface area (Å²) in [7, 11) is 2.13. The van der Waals surface area contributed by atoms with Gasteiger partial charge in [0.1, 0.15) is 0 Å². The molecule has 0 aliphatic rings. The Balaban J connectivity index is 4.59.